The third-order valence-corrected chi connectivity index (χ3v) is 4.66. The van der Waals surface area contributed by atoms with Crippen LogP contribution in [0.4, 0.5) is 4.39 Å². The van der Waals surface area contributed by atoms with E-state index in [0.717, 1.165) is 18.9 Å². The fourth-order valence-electron chi connectivity index (χ4n) is 2.11. The second kappa shape index (κ2) is 6.31. The number of halogens is 1. The molecule has 1 unspecified atom stereocenters. The number of ether oxygens (including phenoxy) is 1. The Morgan fingerprint density at radius 1 is 1.50 bits per heavy atom. The molecule has 1 heterocycles. The molecule has 7 heteroatoms. The molecule has 20 heavy (non-hydrogen) atoms. The van der Waals surface area contributed by atoms with Crippen LogP contribution in [0.2, 0.25) is 0 Å². The third-order valence-electron chi connectivity index (χ3n) is 3.19. The van der Waals surface area contributed by atoms with Gasteiger partial charge in [-0.1, -0.05) is 6.07 Å². The molecule has 0 bridgehead atoms. The van der Waals surface area contributed by atoms with Crippen molar-refractivity contribution in [2.75, 3.05) is 19.8 Å². The molecule has 1 aliphatic rings. The monoisotopic (exact) mass is 298 g/mol. The van der Waals surface area contributed by atoms with Gasteiger partial charge in [-0.2, -0.15) is 5.26 Å². The van der Waals surface area contributed by atoms with Crippen LogP contribution in [0.3, 0.4) is 0 Å². The van der Waals surface area contributed by atoms with E-state index in [1.807, 2.05) is 0 Å². The summed E-state index contributed by atoms with van der Waals surface area (Å²) in [6, 6.07) is 5.15. The van der Waals surface area contributed by atoms with Crippen molar-refractivity contribution < 1.29 is 17.5 Å². The van der Waals surface area contributed by atoms with E-state index < -0.39 is 21.4 Å². The third kappa shape index (κ3) is 3.33. The van der Waals surface area contributed by atoms with E-state index in [1.54, 1.807) is 6.07 Å². The number of benzene rings is 1. The zero-order valence-corrected chi connectivity index (χ0v) is 11.6. The van der Waals surface area contributed by atoms with E-state index >= 15 is 0 Å². The van der Waals surface area contributed by atoms with Crippen molar-refractivity contribution >= 4 is 10.0 Å². The molecular formula is C13H15FN2O3S. The molecule has 108 valence electrons. The predicted molar refractivity (Wildman–Crippen MR) is 69.8 cm³/mol. The first-order valence-electron chi connectivity index (χ1n) is 6.30. The van der Waals surface area contributed by atoms with Crippen LogP contribution >= 0.6 is 0 Å². The van der Waals surface area contributed by atoms with Crippen molar-refractivity contribution in [2.24, 2.45) is 5.92 Å². The Kier molecular flexibility index (Phi) is 4.70. The van der Waals surface area contributed by atoms with Gasteiger partial charge in [0.1, 0.15) is 22.3 Å². The average Bonchev–Trinajstić information content (AvgIpc) is 2.46. The van der Waals surface area contributed by atoms with Crippen LogP contribution < -0.4 is 4.72 Å². The van der Waals surface area contributed by atoms with Gasteiger partial charge in [-0.25, -0.2) is 17.5 Å². The molecule has 0 spiro atoms. The molecule has 1 aliphatic heterocycles. The van der Waals surface area contributed by atoms with Crippen LogP contribution in [0, 0.1) is 23.1 Å². The molecule has 1 atom stereocenters. The zero-order chi connectivity index (χ0) is 14.6. The molecule has 2 rings (SSSR count). The Bertz CT molecular complexity index is 619. The van der Waals surface area contributed by atoms with Gasteiger partial charge in [-0.15, -0.1) is 0 Å². The van der Waals surface area contributed by atoms with E-state index in [2.05, 4.69) is 4.72 Å². The molecule has 0 aliphatic carbocycles. The van der Waals surface area contributed by atoms with Crippen LogP contribution in [0.15, 0.2) is 23.1 Å². The van der Waals surface area contributed by atoms with E-state index in [-0.39, 0.29) is 17.4 Å². The van der Waals surface area contributed by atoms with Gasteiger partial charge in [0, 0.05) is 13.2 Å². The van der Waals surface area contributed by atoms with Crippen LogP contribution in [-0.4, -0.2) is 28.2 Å². The van der Waals surface area contributed by atoms with Gasteiger partial charge in [0.15, 0.2) is 0 Å². The molecular weight excluding hydrogens is 283 g/mol. The van der Waals surface area contributed by atoms with E-state index in [4.69, 9.17) is 10.00 Å². The minimum Gasteiger partial charge on any atom is -0.381 e. The number of hydrogen-bond donors (Lipinski definition) is 1. The Morgan fingerprint density at radius 3 is 2.95 bits per heavy atom. The Morgan fingerprint density at radius 2 is 2.30 bits per heavy atom. The highest BCUT2D eigenvalue weighted by Gasteiger charge is 2.23. The molecule has 1 aromatic rings. The van der Waals surface area contributed by atoms with Crippen LogP contribution in [0.25, 0.3) is 0 Å². The lowest BCUT2D eigenvalue weighted by Gasteiger charge is -2.22. The van der Waals surface area contributed by atoms with Gasteiger partial charge in [0.05, 0.1) is 6.61 Å². The lowest BCUT2D eigenvalue weighted by atomic mass is 10.0. The number of nitrogens with zero attached hydrogens (tertiary/aromatic N) is 1. The molecule has 0 saturated carbocycles. The highest BCUT2D eigenvalue weighted by Crippen LogP contribution is 2.19. The number of nitriles is 1. The summed E-state index contributed by atoms with van der Waals surface area (Å²) in [4.78, 5) is -0.322. The van der Waals surface area contributed by atoms with E-state index in [1.165, 1.54) is 12.1 Å². The largest absolute Gasteiger partial charge is 0.381 e. The summed E-state index contributed by atoms with van der Waals surface area (Å²) in [6.45, 7) is 1.44. The lowest BCUT2D eigenvalue weighted by molar-refractivity contribution is 0.0568. The van der Waals surface area contributed by atoms with Gasteiger partial charge < -0.3 is 4.74 Å². The maximum atomic E-state index is 13.4. The van der Waals surface area contributed by atoms with Crippen molar-refractivity contribution in [2.45, 2.75) is 17.7 Å². The molecule has 5 nitrogen and oxygen atoms in total. The highest BCUT2D eigenvalue weighted by molar-refractivity contribution is 7.89. The molecule has 1 N–H and O–H groups in total. The van der Waals surface area contributed by atoms with E-state index in [9.17, 15) is 12.8 Å². The molecule has 1 saturated heterocycles. The topological polar surface area (TPSA) is 79.2 Å². The van der Waals surface area contributed by atoms with Gasteiger partial charge in [0.2, 0.25) is 10.0 Å². The van der Waals surface area contributed by atoms with Crippen molar-refractivity contribution in [3.63, 3.8) is 0 Å². The summed E-state index contributed by atoms with van der Waals surface area (Å²) in [6.07, 6.45) is 1.78. The smallest absolute Gasteiger partial charge is 0.242 e. The Labute approximate surface area is 117 Å². The maximum absolute atomic E-state index is 13.4. The zero-order valence-electron chi connectivity index (χ0n) is 10.8. The molecule has 0 radical (unpaired) electrons. The quantitative estimate of drug-likeness (QED) is 0.911. The number of hydrogen-bond acceptors (Lipinski definition) is 4. The van der Waals surface area contributed by atoms with Crippen molar-refractivity contribution in [1.82, 2.24) is 4.72 Å². The predicted octanol–water partition coefficient (Wildman–Crippen LogP) is 1.40. The summed E-state index contributed by atoms with van der Waals surface area (Å²) in [5, 5.41) is 8.88. The summed E-state index contributed by atoms with van der Waals surface area (Å²) in [5.41, 5.74) is -0.458. The second-order valence-corrected chi connectivity index (χ2v) is 6.40. The van der Waals surface area contributed by atoms with Crippen LogP contribution in [0.5, 0.6) is 0 Å². The van der Waals surface area contributed by atoms with E-state index in [0.29, 0.717) is 13.2 Å². The summed E-state index contributed by atoms with van der Waals surface area (Å²) in [5.74, 6) is -0.728. The Hall–Kier alpha value is -1.49. The second-order valence-electron chi connectivity index (χ2n) is 4.66. The van der Waals surface area contributed by atoms with Gasteiger partial charge in [0.25, 0.3) is 0 Å². The minimum absolute atomic E-state index is 0.109. The SMILES string of the molecule is N#Cc1c(F)cccc1S(=O)(=O)NCC1CCCOC1. The normalized spacial score (nSPS) is 19.5. The number of nitrogens with one attached hydrogen (secondary N) is 1. The standard InChI is InChI=1S/C13H15FN2O3S/c14-12-4-1-5-13(11(12)7-15)20(17,18)16-8-10-3-2-6-19-9-10/h1,4-5,10,16H,2-3,6,8-9H2. The summed E-state index contributed by atoms with van der Waals surface area (Å²) < 4.78 is 45.4. The molecule has 0 amide bonds. The molecule has 0 aromatic heterocycles. The molecule has 1 aromatic carbocycles. The van der Waals surface area contributed by atoms with Crippen molar-refractivity contribution in [3.8, 4) is 6.07 Å². The summed E-state index contributed by atoms with van der Waals surface area (Å²) >= 11 is 0. The minimum atomic E-state index is -3.89. The number of rotatable bonds is 4. The first kappa shape index (κ1) is 14.9. The first-order valence-corrected chi connectivity index (χ1v) is 7.79. The lowest BCUT2D eigenvalue weighted by Crippen LogP contribution is -2.33. The van der Waals surface area contributed by atoms with Crippen molar-refractivity contribution in [1.29, 1.82) is 5.26 Å². The van der Waals surface area contributed by atoms with Gasteiger partial charge >= 0.3 is 0 Å². The average molecular weight is 298 g/mol. The maximum Gasteiger partial charge on any atom is 0.242 e. The van der Waals surface area contributed by atoms with Crippen LogP contribution in [0.1, 0.15) is 18.4 Å². The van der Waals surface area contributed by atoms with Gasteiger partial charge in [-0.3, -0.25) is 0 Å². The van der Waals surface area contributed by atoms with Gasteiger partial charge in [-0.05, 0) is 30.9 Å². The fraction of sp³-hybridized carbons (Fsp3) is 0.462. The fourth-order valence-corrected chi connectivity index (χ4v) is 3.39. The highest BCUT2D eigenvalue weighted by atomic mass is 32.2. The Balaban J connectivity index is 2.14. The number of sulfonamides is 1. The molecule has 1 fully saturated rings. The summed E-state index contributed by atoms with van der Waals surface area (Å²) in [7, 11) is -3.89. The first-order chi connectivity index (χ1) is 9.54. The van der Waals surface area contributed by atoms with Crippen LogP contribution in [-0.2, 0) is 14.8 Å². The van der Waals surface area contributed by atoms with Crippen molar-refractivity contribution in [3.05, 3.63) is 29.6 Å².